The molecule has 0 radical (unpaired) electrons. The number of rotatable bonds is 10. The van der Waals surface area contributed by atoms with Gasteiger partial charge in [0.1, 0.15) is 11.9 Å². The van der Waals surface area contributed by atoms with Crippen molar-refractivity contribution in [1.82, 2.24) is 10.3 Å². The van der Waals surface area contributed by atoms with Crippen molar-refractivity contribution in [2.75, 3.05) is 18.5 Å². The van der Waals surface area contributed by atoms with Crippen molar-refractivity contribution in [2.24, 2.45) is 23.7 Å². The molecule has 4 saturated carbocycles. The van der Waals surface area contributed by atoms with Crippen LogP contribution in [0.2, 0.25) is 0 Å². The molecule has 1 aliphatic heterocycles. The van der Waals surface area contributed by atoms with E-state index in [9.17, 15) is 14.7 Å². The number of carboxylic acid groups (broad SMARTS) is 1. The standard InChI is InChI=1S/C27H39N3O4/c31-26(23-16-17-3-6-19(23)7-4-17)30-24(27(32)33)11-13-34-22-14-18(15-22)5-9-21-10-8-20-2-1-12-28-25(20)29-21/h8,10,17-19,22-24H,1-7,9,11-16H2,(H,28,29)(H,30,31)(H,32,33). The Morgan fingerprint density at radius 3 is 2.74 bits per heavy atom. The van der Waals surface area contributed by atoms with Gasteiger partial charge in [-0.2, -0.15) is 0 Å². The van der Waals surface area contributed by atoms with Gasteiger partial charge in [-0.3, -0.25) is 4.79 Å². The second-order valence-corrected chi connectivity index (χ2v) is 11.0. The summed E-state index contributed by atoms with van der Waals surface area (Å²) in [5.41, 5.74) is 2.48. The number of aliphatic carboxylic acids is 1. The highest BCUT2D eigenvalue weighted by atomic mass is 16.5. The molecular weight excluding hydrogens is 430 g/mol. The largest absolute Gasteiger partial charge is 0.480 e. The third-order valence-corrected chi connectivity index (χ3v) is 8.71. The third kappa shape index (κ3) is 5.56. The number of anilines is 1. The molecular formula is C27H39N3O4. The number of hydrogen-bond donors (Lipinski definition) is 3. The minimum absolute atomic E-state index is 0.00282. The Morgan fingerprint density at radius 2 is 2.00 bits per heavy atom. The number of amides is 1. The lowest BCUT2D eigenvalue weighted by Crippen LogP contribution is -2.48. The molecule has 1 aromatic rings. The predicted octanol–water partition coefficient (Wildman–Crippen LogP) is 3.95. The van der Waals surface area contributed by atoms with Gasteiger partial charge < -0.3 is 20.5 Å². The molecule has 7 heteroatoms. The number of nitrogens with zero attached hydrogens (tertiary/aromatic N) is 1. The Kier molecular flexibility index (Phi) is 7.37. The maximum atomic E-state index is 12.8. The first-order valence-corrected chi connectivity index (χ1v) is 13.4. The highest BCUT2D eigenvalue weighted by molar-refractivity contribution is 5.85. The topological polar surface area (TPSA) is 101 Å². The van der Waals surface area contributed by atoms with Crippen LogP contribution in [0.25, 0.3) is 0 Å². The minimum atomic E-state index is -0.962. The molecule has 6 rings (SSSR count). The molecule has 34 heavy (non-hydrogen) atoms. The van der Waals surface area contributed by atoms with Gasteiger partial charge in [-0.05, 0) is 87.2 Å². The summed E-state index contributed by atoms with van der Waals surface area (Å²) in [6, 6.07) is 3.53. The average molecular weight is 470 g/mol. The van der Waals surface area contributed by atoms with Crippen LogP contribution in [0, 0.1) is 23.7 Å². The zero-order valence-electron chi connectivity index (χ0n) is 20.1. The zero-order chi connectivity index (χ0) is 23.5. The molecule has 2 heterocycles. The lowest BCUT2D eigenvalue weighted by atomic mass is 9.64. The van der Waals surface area contributed by atoms with E-state index in [-0.39, 0.29) is 17.9 Å². The van der Waals surface area contributed by atoms with Crippen LogP contribution < -0.4 is 10.6 Å². The maximum absolute atomic E-state index is 12.8. The first-order chi connectivity index (χ1) is 16.5. The normalized spacial score (nSPS) is 30.5. The zero-order valence-corrected chi connectivity index (χ0v) is 20.1. The second-order valence-electron chi connectivity index (χ2n) is 11.0. The predicted molar refractivity (Wildman–Crippen MR) is 130 cm³/mol. The summed E-state index contributed by atoms with van der Waals surface area (Å²) >= 11 is 0. The van der Waals surface area contributed by atoms with Gasteiger partial charge in [0.2, 0.25) is 5.91 Å². The second kappa shape index (κ2) is 10.6. The molecule has 2 bridgehead atoms. The lowest BCUT2D eigenvalue weighted by molar-refractivity contribution is -0.144. The number of nitrogens with one attached hydrogen (secondary N) is 2. The number of hydrogen-bond acceptors (Lipinski definition) is 5. The summed E-state index contributed by atoms with van der Waals surface area (Å²) in [5, 5.41) is 15.8. The van der Waals surface area contributed by atoms with E-state index in [2.05, 4.69) is 22.8 Å². The summed E-state index contributed by atoms with van der Waals surface area (Å²) in [6.45, 7) is 1.39. The summed E-state index contributed by atoms with van der Waals surface area (Å²) < 4.78 is 5.95. The maximum Gasteiger partial charge on any atom is 0.326 e. The number of ether oxygens (including phenoxy) is 1. The Balaban J connectivity index is 0.990. The monoisotopic (exact) mass is 469 g/mol. The van der Waals surface area contributed by atoms with Crippen LogP contribution in [0.5, 0.6) is 0 Å². The van der Waals surface area contributed by atoms with Crippen molar-refractivity contribution in [2.45, 2.75) is 89.2 Å². The molecule has 1 amide bonds. The molecule has 3 N–H and O–H groups in total. The van der Waals surface area contributed by atoms with Crippen molar-refractivity contribution >= 4 is 17.7 Å². The first kappa shape index (κ1) is 23.6. The van der Waals surface area contributed by atoms with Gasteiger partial charge >= 0.3 is 5.97 Å². The molecule has 0 spiro atoms. The van der Waals surface area contributed by atoms with Crippen LogP contribution in [0.1, 0.15) is 75.5 Å². The highest BCUT2D eigenvalue weighted by Gasteiger charge is 2.40. The Bertz CT molecular complexity index is 877. The van der Waals surface area contributed by atoms with Gasteiger partial charge in [0, 0.05) is 31.2 Å². The van der Waals surface area contributed by atoms with E-state index < -0.39 is 12.0 Å². The smallest absolute Gasteiger partial charge is 0.326 e. The fraction of sp³-hybridized carbons (Fsp3) is 0.741. The summed E-state index contributed by atoms with van der Waals surface area (Å²) in [5.74, 6) is 1.78. The molecule has 1 aromatic heterocycles. The number of carboxylic acids is 1. The number of carbonyl (C=O) groups excluding carboxylic acids is 1. The van der Waals surface area contributed by atoms with Crippen molar-refractivity contribution in [3.63, 3.8) is 0 Å². The molecule has 5 aliphatic rings. The van der Waals surface area contributed by atoms with E-state index >= 15 is 0 Å². The highest BCUT2D eigenvalue weighted by Crippen LogP contribution is 2.45. The van der Waals surface area contributed by atoms with Crippen LogP contribution in [0.4, 0.5) is 5.82 Å². The van der Waals surface area contributed by atoms with Crippen LogP contribution in [-0.2, 0) is 27.2 Å². The molecule has 7 nitrogen and oxygen atoms in total. The summed E-state index contributed by atoms with van der Waals surface area (Å²) in [6.07, 6.45) is 12.6. The van der Waals surface area contributed by atoms with Crippen molar-refractivity contribution in [3.8, 4) is 0 Å². The first-order valence-electron chi connectivity index (χ1n) is 13.4. The van der Waals surface area contributed by atoms with Gasteiger partial charge in [-0.1, -0.05) is 18.9 Å². The number of pyridine rings is 1. The molecule has 4 aliphatic carbocycles. The van der Waals surface area contributed by atoms with Crippen LogP contribution >= 0.6 is 0 Å². The van der Waals surface area contributed by atoms with Gasteiger partial charge in [0.05, 0.1) is 6.10 Å². The molecule has 186 valence electrons. The van der Waals surface area contributed by atoms with Crippen molar-refractivity contribution in [3.05, 3.63) is 23.4 Å². The SMILES string of the molecule is O=C(O)C(CCOC1CC(CCc2ccc3c(n2)NCCC3)C1)NC(=O)C1CC2CCC1CC2. The molecule has 2 unspecified atom stereocenters. The quantitative estimate of drug-likeness (QED) is 0.480. The van der Waals surface area contributed by atoms with Gasteiger partial charge in [0.15, 0.2) is 0 Å². The molecule has 0 aromatic carbocycles. The third-order valence-electron chi connectivity index (χ3n) is 8.71. The summed E-state index contributed by atoms with van der Waals surface area (Å²) in [4.78, 5) is 29.3. The Morgan fingerprint density at radius 1 is 1.18 bits per heavy atom. The van der Waals surface area contributed by atoms with E-state index in [4.69, 9.17) is 9.72 Å². The molecule has 2 atom stereocenters. The summed E-state index contributed by atoms with van der Waals surface area (Å²) in [7, 11) is 0. The van der Waals surface area contributed by atoms with Gasteiger partial charge in [-0.15, -0.1) is 0 Å². The Hall–Kier alpha value is -2.15. The minimum Gasteiger partial charge on any atom is -0.480 e. The number of aryl methyl sites for hydroxylation is 2. The lowest BCUT2D eigenvalue weighted by Gasteiger charge is -2.41. The fourth-order valence-corrected chi connectivity index (χ4v) is 6.49. The van der Waals surface area contributed by atoms with Crippen molar-refractivity contribution in [1.29, 1.82) is 0 Å². The number of aromatic nitrogens is 1. The van der Waals surface area contributed by atoms with Gasteiger partial charge in [0.25, 0.3) is 0 Å². The molecule has 0 saturated heterocycles. The van der Waals surface area contributed by atoms with E-state index in [0.717, 1.165) is 69.4 Å². The van der Waals surface area contributed by atoms with Crippen molar-refractivity contribution < 1.29 is 19.4 Å². The van der Waals surface area contributed by atoms with E-state index in [1.807, 2.05) is 0 Å². The van der Waals surface area contributed by atoms with E-state index in [0.29, 0.717) is 30.8 Å². The molecule has 4 fully saturated rings. The van der Waals surface area contributed by atoms with E-state index in [1.54, 1.807) is 0 Å². The van der Waals surface area contributed by atoms with E-state index in [1.165, 1.54) is 24.8 Å². The fourth-order valence-electron chi connectivity index (χ4n) is 6.49. The van der Waals surface area contributed by atoms with Crippen LogP contribution in [0.15, 0.2) is 12.1 Å². The number of carbonyl (C=O) groups is 2. The number of fused-ring (bicyclic) bond motifs is 4. The van der Waals surface area contributed by atoms with Gasteiger partial charge in [-0.25, -0.2) is 9.78 Å². The average Bonchev–Trinajstić information content (AvgIpc) is 2.84. The van der Waals surface area contributed by atoms with Crippen LogP contribution in [0.3, 0.4) is 0 Å². The Labute approximate surface area is 202 Å². The van der Waals surface area contributed by atoms with Crippen LogP contribution in [-0.4, -0.2) is 47.3 Å².